The van der Waals surface area contributed by atoms with Crippen LogP contribution in [0.5, 0.6) is 0 Å². The Bertz CT molecular complexity index is 709. The monoisotopic (exact) mass is 343 g/mol. The van der Waals surface area contributed by atoms with Crippen LogP contribution in [-0.4, -0.2) is 28.6 Å². The van der Waals surface area contributed by atoms with Crippen LogP contribution in [0.3, 0.4) is 0 Å². The van der Waals surface area contributed by atoms with E-state index in [9.17, 15) is 9.90 Å². The molecular weight excluding hydrogens is 318 g/mol. The molecule has 1 fully saturated rings. The highest BCUT2D eigenvalue weighted by Crippen LogP contribution is 2.38. The van der Waals surface area contributed by atoms with Gasteiger partial charge in [-0.2, -0.15) is 0 Å². The van der Waals surface area contributed by atoms with Crippen molar-refractivity contribution in [1.82, 2.24) is 4.90 Å². The summed E-state index contributed by atoms with van der Waals surface area (Å²) in [5, 5.41) is 9.73. The predicted octanol–water partition coefficient (Wildman–Crippen LogP) is 4.65. The van der Waals surface area contributed by atoms with Crippen molar-refractivity contribution in [2.45, 2.75) is 51.6 Å². The van der Waals surface area contributed by atoms with E-state index in [1.807, 2.05) is 17.4 Å². The van der Waals surface area contributed by atoms with E-state index < -0.39 is 12.0 Å². The van der Waals surface area contributed by atoms with Crippen LogP contribution in [0.25, 0.3) is 0 Å². The highest BCUT2D eigenvalue weighted by molar-refractivity contribution is 7.12. The fourth-order valence-corrected chi connectivity index (χ4v) is 4.74. The van der Waals surface area contributed by atoms with Crippen LogP contribution in [0.2, 0.25) is 0 Å². The molecule has 0 aliphatic carbocycles. The van der Waals surface area contributed by atoms with Gasteiger partial charge in [-0.05, 0) is 56.0 Å². The Balaban J connectivity index is 2.07. The lowest BCUT2D eigenvalue weighted by atomic mass is 9.93. The first kappa shape index (κ1) is 17.2. The molecule has 3 nitrogen and oxygen atoms in total. The fraction of sp³-hybridized carbons (Fsp3) is 0.450. The number of rotatable bonds is 5. The number of thiophene rings is 1. The molecular formula is C20H25NO2S. The number of benzene rings is 1. The standard InChI is InChI=1S/C20H25NO2S/c1-3-15-11-12-18(24-15)19(16-9-5-4-8-14(16)2)21-13-7-6-10-17(21)20(22)23/h4-5,8-9,11-12,17,19H,3,6-7,10,13H2,1-2H3,(H,22,23). The minimum atomic E-state index is -0.694. The maximum Gasteiger partial charge on any atom is 0.320 e. The summed E-state index contributed by atoms with van der Waals surface area (Å²) in [7, 11) is 0. The second-order valence-corrected chi connectivity index (χ2v) is 7.70. The number of carboxylic acid groups (broad SMARTS) is 1. The van der Waals surface area contributed by atoms with Crippen LogP contribution < -0.4 is 0 Å². The Morgan fingerprint density at radius 3 is 2.75 bits per heavy atom. The largest absolute Gasteiger partial charge is 0.480 e. The first-order valence-corrected chi connectivity index (χ1v) is 9.56. The zero-order chi connectivity index (χ0) is 17.1. The third kappa shape index (κ3) is 3.40. The fourth-order valence-electron chi connectivity index (χ4n) is 3.65. The molecule has 1 saturated heterocycles. The Hall–Kier alpha value is -1.65. The second-order valence-electron chi connectivity index (χ2n) is 6.50. The topological polar surface area (TPSA) is 40.5 Å². The Morgan fingerprint density at radius 2 is 2.08 bits per heavy atom. The average molecular weight is 343 g/mol. The number of aliphatic carboxylic acids is 1. The predicted molar refractivity (Wildman–Crippen MR) is 98.7 cm³/mol. The molecule has 3 rings (SSSR count). The molecule has 0 radical (unpaired) electrons. The third-order valence-corrected chi connectivity index (χ3v) is 6.23. The normalized spacial score (nSPS) is 20.0. The molecule has 2 unspecified atom stereocenters. The summed E-state index contributed by atoms with van der Waals surface area (Å²) < 4.78 is 0. The summed E-state index contributed by atoms with van der Waals surface area (Å²) in [6, 6.07) is 12.4. The van der Waals surface area contributed by atoms with Gasteiger partial charge in [0.25, 0.3) is 0 Å². The van der Waals surface area contributed by atoms with Gasteiger partial charge in [0.2, 0.25) is 0 Å². The van der Waals surface area contributed by atoms with E-state index in [4.69, 9.17) is 0 Å². The van der Waals surface area contributed by atoms with Crippen LogP contribution in [0.4, 0.5) is 0 Å². The first-order chi connectivity index (χ1) is 11.6. The zero-order valence-electron chi connectivity index (χ0n) is 14.4. The first-order valence-electron chi connectivity index (χ1n) is 8.74. The molecule has 4 heteroatoms. The molecule has 1 aliphatic rings. The van der Waals surface area contributed by atoms with Gasteiger partial charge in [-0.1, -0.05) is 37.6 Å². The van der Waals surface area contributed by atoms with Gasteiger partial charge < -0.3 is 5.11 Å². The zero-order valence-corrected chi connectivity index (χ0v) is 15.2. The van der Waals surface area contributed by atoms with Gasteiger partial charge in [-0.3, -0.25) is 9.69 Å². The molecule has 1 aliphatic heterocycles. The Labute approximate surface area is 147 Å². The summed E-state index contributed by atoms with van der Waals surface area (Å²) in [5.41, 5.74) is 2.46. The second kappa shape index (κ2) is 7.49. The lowest BCUT2D eigenvalue weighted by Gasteiger charge is -2.39. The molecule has 1 aromatic carbocycles. The number of carboxylic acids is 1. The van der Waals surface area contributed by atoms with Crippen molar-refractivity contribution in [2.75, 3.05) is 6.54 Å². The number of likely N-dealkylation sites (tertiary alicyclic amines) is 1. The summed E-state index contributed by atoms with van der Waals surface area (Å²) in [5.74, 6) is -0.694. The molecule has 0 saturated carbocycles. The van der Waals surface area contributed by atoms with E-state index in [1.165, 1.54) is 20.9 Å². The lowest BCUT2D eigenvalue weighted by molar-refractivity contribution is -0.145. The van der Waals surface area contributed by atoms with E-state index >= 15 is 0 Å². The minimum absolute atomic E-state index is 0.0397. The number of hydrogen-bond donors (Lipinski definition) is 1. The molecule has 24 heavy (non-hydrogen) atoms. The SMILES string of the molecule is CCc1ccc(C(c2ccccc2C)N2CCCCC2C(=O)O)s1. The van der Waals surface area contributed by atoms with Crippen molar-refractivity contribution < 1.29 is 9.90 Å². The number of nitrogens with zero attached hydrogens (tertiary/aromatic N) is 1. The van der Waals surface area contributed by atoms with Gasteiger partial charge in [0.05, 0.1) is 6.04 Å². The molecule has 128 valence electrons. The highest BCUT2D eigenvalue weighted by atomic mass is 32.1. The molecule has 2 aromatic rings. The maximum absolute atomic E-state index is 11.8. The van der Waals surface area contributed by atoms with Crippen LogP contribution >= 0.6 is 11.3 Å². The van der Waals surface area contributed by atoms with Crippen LogP contribution in [0, 0.1) is 6.92 Å². The average Bonchev–Trinajstić information content (AvgIpc) is 3.06. The third-order valence-electron chi connectivity index (χ3n) is 4.94. The van der Waals surface area contributed by atoms with E-state index in [0.717, 1.165) is 32.2 Å². The van der Waals surface area contributed by atoms with Crippen LogP contribution in [0.1, 0.15) is 53.1 Å². The smallest absolute Gasteiger partial charge is 0.320 e. The number of aryl methyl sites for hydroxylation is 2. The Kier molecular flexibility index (Phi) is 5.36. The van der Waals surface area contributed by atoms with Gasteiger partial charge in [0.15, 0.2) is 0 Å². The molecule has 0 bridgehead atoms. The molecule has 1 N–H and O–H groups in total. The lowest BCUT2D eigenvalue weighted by Crippen LogP contribution is -2.46. The van der Waals surface area contributed by atoms with Crippen molar-refractivity contribution in [2.24, 2.45) is 0 Å². The van der Waals surface area contributed by atoms with Gasteiger partial charge >= 0.3 is 5.97 Å². The van der Waals surface area contributed by atoms with E-state index in [-0.39, 0.29) is 6.04 Å². The van der Waals surface area contributed by atoms with Crippen molar-refractivity contribution in [3.63, 3.8) is 0 Å². The van der Waals surface area contributed by atoms with Crippen molar-refractivity contribution in [3.8, 4) is 0 Å². The molecule has 2 atom stereocenters. The van der Waals surface area contributed by atoms with Gasteiger partial charge in [-0.15, -0.1) is 11.3 Å². The summed E-state index contributed by atoms with van der Waals surface area (Å²) in [4.78, 5) is 16.7. The quantitative estimate of drug-likeness (QED) is 0.859. The van der Waals surface area contributed by atoms with Crippen molar-refractivity contribution >= 4 is 17.3 Å². The van der Waals surface area contributed by atoms with E-state index in [1.54, 1.807) is 0 Å². The summed E-state index contributed by atoms with van der Waals surface area (Å²) in [6.07, 6.45) is 3.83. The number of piperidine rings is 1. The van der Waals surface area contributed by atoms with Crippen LogP contribution in [0.15, 0.2) is 36.4 Å². The summed E-state index contributed by atoms with van der Waals surface area (Å²) >= 11 is 1.82. The Morgan fingerprint density at radius 1 is 1.29 bits per heavy atom. The van der Waals surface area contributed by atoms with Crippen molar-refractivity contribution in [1.29, 1.82) is 0 Å². The summed E-state index contributed by atoms with van der Waals surface area (Å²) in [6.45, 7) is 5.13. The van der Waals surface area contributed by atoms with Crippen molar-refractivity contribution in [3.05, 3.63) is 57.3 Å². The molecule has 0 amide bonds. The minimum Gasteiger partial charge on any atom is -0.480 e. The molecule has 0 spiro atoms. The number of carbonyl (C=O) groups is 1. The highest BCUT2D eigenvalue weighted by Gasteiger charge is 2.36. The van der Waals surface area contributed by atoms with Gasteiger partial charge in [0.1, 0.15) is 6.04 Å². The maximum atomic E-state index is 11.8. The van der Waals surface area contributed by atoms with Crippen LogP contribution in [-0.2, 0) is 11.2 Å². The van der Waals surface area contributed by atoms with E-state index in [2.05, 4.69) is 49.1 Å². The number of hydrogen-bond acceptors (Lipinski definition) is 3. The van der Waals surface area contributed by atoms with E-state index in [0.29, 0.717) is 0 Å². The van der Waals surface area contributed by atoms with Gasteiger partial charge in [-0.25, -0.2) is 0 Å². The molecule has 2 heterocycles. The molecule has 1 aromatic heterocycles. The van der Waals surface area contributed by atoms with Gasteiger partial charge in [0, 0.05) is 9.75 Å².